The Labute approximate surface area is 225 Å². The number of benzene rings is 1. The lowest BCUT2D eigenvalue weighted by Gasteiger charge is -2.33. The number of anilines is 2. The summed E-state index contributed by atoms with van der Waals surface area (Å²) in [6, 6.07) is 3.54. The molecule has 0 saturated carbocycles. The Bertz CT molecular complexity index is 1090. The van der Waals surface area contributed by atoms with Crippen LogP contribution in [0, 0.1) is 5.92 Å². The van der Waals surface area contributed by atoms with Gasteiger partial charge in [0.2, 0.25) is 0 Å². The van der Waals surface area contributed by atoms with Crippen molar-refractivity contribution in [3.05, 3.63) is 39.8 Å². The van der Waals surface area contributed by atoms with E-state index in [0.29, 0.717) is 11.6 Å². The zero-order chi connectivity index (χ0) is 26.6. The van der Waals surface area contributed by atoms with E-state index in [-0.39, 0.29) is 17.3 Å². The number of alkyl halides is 3. The van der Waals surface area contributed by atoms with Crippen molar-refractivity contribution >= 4 is 45.9 Å². The molecule has 2 aliphatic heterocycles. The molecule has 3 heterocycles. The maximum atomic E-state index is 13.4. The van der Waals surface area contributed by atoms with Gasteiger partial charge in [-0.2, -0.15) is 13.2 Å². The SMILES string of the molecule is CCC(C)CNC(=S)N1CCC(c2nc(C(=O)Nc3cc(C(F)(F)F)ccc3N3CCCC3)cs2)CC1. The molecule has 2 N–H and O–H groups in total. The monoisotopic (exact) mass is 553 g/mol. The van der Waals surface area contributed by atoms with E-state index in [1.807, 2.05) is 4.90 Å². The Morgan fingerprint density at radius 3 is 2.57 bits per heavy atom. The van der Waals surface area contributed by atoms with Crippen molar-refractivity contribution in [2.75, 3.05) is 42.9 Å². The summed E-state index contributed by atoms with van der Waals surface area (Å²) in [7, 11) is 0. The number of hydrogen-bond donors (Lipinski definition) is 2. The summed E-state index contributed by atoms with van der Waals surface area (Å²) in [5, 5.41) is 9.43. The summed E-state index contributed by atoms with van der Waals surface area (Å²) in [6.45, 7) is 8.37. The van der Waals surface area contributed by atoms with Crippen molar-refractivity contribution in [2.24, 2.45) is 5.92 Å². The molecule has 2 aromatic rings. The second kappa shape index (κ2) is 12.0. The van der Waals surface area contributed by atoms with Gasteiger partial charge in [0.25, 0.3) is 5.91 Å². The summed E-state index contributed by atoms with van der Waals surface area (Å²) < 4.78 is 40.1. The molecule has 1 atom stereocenters. The van der Waals surface area contributed by atoms with E-state index in [0.717, 1.165) is 87.1 Å². The van der Waals surface area contributed by atoms with Crippen LogP contribution in [0.25, 0.3) is 0 Å². The number of carbonyl (C=O) groups excluding carboxylic acids is 1. The van der Waals surface area contributed by atoms with Gasteiger partial charge in [0.05, 0.1) is 21.9 Å². The number of rotatable bonds is 7. The van der Waals surface area contributed by atoms with E-state index in [9.17, 15) is 18.0 Å². The second-order valence-electron chi connectivity index (χ2n) is 9.91. The van der Waals surface area contributed by atoms with Gasteiger partial charge < -0.3 is 20.4 Å². The van der Waals surface area contributed by atoms with Crippen LogP contribution < -0.4 is 15.5 Å². The van der Waals surface area contributed by atoms with Crippen LogP contribution in [0.15, 0.2) is 23.6 Å². The fourth-order valence-corrected chi connectivity index (χ4v) is 5.90. The molecule has 1 aromatic heterocycles. The topological polar surface area (TPSA) is 60.5 Å². The quantitative estimate of drug-likeness (QED) is 0.403. The van der Waals surface area contributed by atoms with Crippen LogP contribution in [0.1, 0.15) is 72.9 Å². The van der Waals surface area contributed by atoms with Gasteiger partial charge in [0, 0.05) is 44.0 Å². The lowest BCUT2D eigenvalue weighted by molar-refractivity contribution is -0.137. The Balaban J connectivity index is 1.39. The molecule has 1 aromatic carbocycles. The van der Waals surface area contributed by atoms with Gasteiger partial charge in [-0.15, -0.1) is 11.3 Å². The zero-order valence-corrected chi connectivity index (χ0v) is 22.9. The minimum atomic E-state index is -4.49. The molecule has 6 nitrogen and oxygen atoms in total. The molecule has 4 rings (SSSR count). The number of thiazole rings is 1. The van der Waals surface area contributed by atoms with E-state index in [4.69, 9.17) is 12.2 Å². The molecule has 1 unspecified atom stereocenters. The molecule has 0 spiro atoms. The first-order valence-electron chi connectivity index (χ1n) is 12.9. The van der Waals surface area contributed by atoms with Gasteiger partial charge in [-0.25, -0.2) is 4.98 Å². The van der Waals surface area contributed by atoms with Crippen LogP contribution in [0.4, 0.5) is 24.5 Å². The Kier molecular flexibility index (Phi) is 8.94. The van der Waals surface area contributed by atoms with E-state index in [1.165, 1.54) is 17.4 Å². The lowest BCUT2D eigenvalue weighted by Crippen LogP contribution is -2.45. The van der Waals surface area contributed by atoms with Gasteiger partial charge in [-0.1, -0.05) is 20.3 Å². The Hall–Kier alpha value is -2.40. The smallest absolute Gasteiger partial charge is 0.370 e. The highest BCUT2D eigenvalue weighted by atomic mass is 32.1. The van der Waals surface area contributed by atoms with Crippen molar-refractivity contribution in [1.29, 1.82) is 0 Å². The highest BCUT2D eigenvalue weighted by molar-refractivity contribution is 7.80. The third kappa shape index (κ3) is 6.93. The average molecular weight is 554 g/mol. The number of nitrogens with zero attached hydrogens (tertiary/aromatic N) is 3. The summed E-state index contributed by atoms with van der Waals surface area (Å²) in [6.07, 6.45) is 0.324. The number of likely N-dealkylation sites (tertiary alicyclic amines) is 1. The van der Waals surface area contributed by atoms with Crippen LogP contribution in [-0.4, -0.2) is 53.6 Å². The second-order valence-corrected chi connectivity index (χ2v) is 11.2. The van der Waals surface area contributed by atoms with Gasteiger partial charge in [0.1, 0.15) is 5.69 Å². The standard InChI is InChI=1S/C26H34F3N5OS2/c1-3-17(2)15-30-25(36)34-12-8-18(9-13-34)24-32-21(16-37-24)23(35)31-20-14-19(26(27,28)29)6-7-22(20)33-10-4-5-11-33/h6-7,14,16-18H,3-5,8-13,15H2,1-2H3,(H,30,36)(H,31,35). The van der Waals surface area contributed by atoms with E-state index in [1.54, 1.807) is 5.38 Å². The van der Waals surface area contributed by atoms with Crippen molar-refractivity contribution in [3.8, 4) is 0 Å². The van der Waals surface area contributed by atoms with Crippen LogP contribution >= 0.6 is 23.6 Å². The minimum Gasteiger partial charge on any atom is -0.370 e. The third-order valence-electron chi connectivity index (χ3n) is 7.20. The van der Waals surface area contributed by atoms with Gasteiger partial charge in [0.15, 0.2) is 5.11 Å². The van der Waals surface area contributed by atoms with Crippen LogP contribution in [0.5, 0.6) is 0 Å². The third-order valence-corrected chi connectivity index (χ3v) is 8.61. The normalized spacial score (nSPS) is 17.6. The Morgan fingerprint density at radius 1 is 1.22 bits per heavy atom. The molecule has 2 fully saturated rings. The number of aromatic nitrogens is 1. The number of carbonyl (C=O) groups is 1. The molecule has 2 aliphatic rings. The zero-order valence-electron chi connectivity index (χ0n) is 21.2. The van der Waals surface area contributed by atoms with Crippen molar-refractivity contribution in [2.45, 2.75) is 58.0 Å². The first-order valence-corrected chi connectivity index (χ1v) is 14.2. The summed E-state index contributed by atoms with van der Waals surface area (Å²) in [5.74, 6) is 0.307. The largest absolute Gasteiger partial charge is 0.416 e. The predicted molar refractivity (Wildman–Crippen MR) is 147 cm³/mol. The fourth-order valence-electron chi connectivity index (χ4n) is 4.66. The summed E-state index contributed by atoms with van der Waals surface area (Å²) in [5.41, 5.74) is 0.230. The molecule has 0 aliphatic carbocycles. The van der Waals surface area contributed by atoms with Crippen LogP contribution in [-0.2, 0) is 6.18 Å². The van der Waals surface area contributed by atoms with Crippen LogP contribution in [0.2, 0.25) is 0 Å². The predicted octanol–water partition coefficient (Wildman–Crippen LogP) is 6.11. The lowest BCUT2D eigenvalue weighted by atomic mass is 9.98. The number of halogens is 3. The van der Waals surface area contributed by atoms with Crippen molar-refractivity contribution < 1.29 is 18.0 Å². The first kappa shape index (κ1) is 27.6. The number of hydrogen-bond acceptors (Lipinski definition) is 5. The number of piperidine rings is 1. The van der Waals surface area contributed by atoms with E-state index >= 15 is 0 Å². The molecular formula is C26H34F3N5OS2. The maximum Gasteiger partial charge on any atom is 0.416 e. The first-order chi connectivity index (χ1) is 17.7. The molecule has 0 bridgehead atoms. The van der Waals surface area contributed by atoms with Gasteiger partial charge in [-0.05, 0) is 62.0 Å². The van der Waals surface area contributed by atoms with E-state index in [2.05, 4.69) is 34.4 Å². The Morgan fingerprint density at radius 2 is 1.92 bits per heavy atom. The van der Waals surface area contributed by atoms with Crippen molar-refractivity contribution in [3.63, 3.8) is 0 Å². The summed E-state index contributed by atoms with van der Waals surface area (Å²) >= 11 is 6.98. The van der Waals surface area contributed by atoms with Gasteiger partial charge in [-0.3, -0.25) is 4.79 Å². The van der Waals surface area contributed by atoms with Crippen LogP contribution in [0.3, 0.4) is 0 Å². The minimum absolute atomic E-state index is 0.169. The number of amides is 1. The molecule has 11 heteroatoms. The molecular weight excluding hydrogens is 519 g/mol. The van der Waals surface area contributed by atoms with Gasteiger partial charge >= 0.3 is 6.18 Å². The molecule has 2 saturated heterocycles. The highest BCUT2D eigenvalue weighted by Crippen LogP contribution is 2.37. The molecule has 1 amide bonds. The summed E-state index contributed by atoms with van der Waals surface area (Å²) in [4.78, 5) is 21.8. The molecule has 0 radical (unpaired) electrons. The molecule has 37 heavy (non-hydrogen) atoms. The fraction of sp³-hybridized carbons (Fsp3) is 0.577. The number of nitrogens with one attached hydrogen (secondary N) is 2. The molecule has 202 valence electrons. The number of thiocarbonyl (C=S) groups is 1. The maximum absolute atomic E-state index is 13.4. The highest BCUT2D eigenvalue weighted by Gasteiger charge is 2.32. The van der Waals surface area contributed by atoms with E-state index < -0.39 is 17.6 Å². The van der Waals surface area contributed by atoms with Crippen molar-refractivity contribution in [1.82, 2.24) is 15.2 Å². The average Bonchev–Trinajstić information content (AvgIpc) is 3.59.